The van der Waals surface area contributed by atoms with Crippen LogP contribution >= 0.6 is 46.4 Å². The smallest absolute Gasteiger partial charge is 0.351 e. The van der Waals surface area contributed by atoms with E-state index in [2.05, 4.69) is 9.47 Å². The van der Waals surface area contributed by atoms with Crippen LogP contribution in [-0.4, -0.2) is 50.3 Å². The van der Waals surface area contributed by atoms with E-state index in [9.17, 15) is 19.2 Å². The Morgan fingerprint density at radius 3 is 1.33 bits per heavy atom. The number of halogens is 4. The van der Waals surface area contributed by atoms with E-state index in [0.717, 1.165) is 26.4 Å². The van der Waals surface area contributed by atoms with Crippen LogP contribution in [0.25, 0.3) is 12.2 Å². The molecule has 0 saturated heterocycles. The maximum atomic E-state index is 12.4. The molecule has 2 atom stereocenters. The molecule has 0 bridgehead atoms. The summed E-state index contributed by atoms with van der Waals surface area (Å²) in [7, 11) is 1.98. The van der Waals surface area contributed by atoms with E-state index in [1.165, 1.54) is 24.3 Å². The average Bonchev–Trinajstić information content (AvgIpc) is 2.84. The quantitative estimate of drug-likeness (QED) is 0.228. The lowest BCUT2D eigenvalue weighted by Crippen LogP contribution is -2.46. The number of esters is 4. The van der Waals surface area contributed by atoms with Crippen molar-refractivity contribution < 1.29 is 38.1 Å². The summed E-state index contributed by atoms with van der Waals surface area (Å²) in [4.78, 5) is 49.4. The number of carbonyl (C=O) groups excluding carboxylic acids is 4. The Labute approximate surface area is 226 Å². The van der Waals surface area contributed by atoms with Gasteiger partial charge in [-0.2, -0.15) is 0 Å². The first-order chi connectivity index (χ1) is 17.0. The molecule has 0 heterocycles. The summed E-state index contributed by atoms with van der Waals surface area (Å²) in [6.45, 7) is 0. The molecule has 0 saturated carbocycles. The fourth-order valence-electron chi connectivity index (χ4n) is 2.62. The molecule has 190 valence electrons. The highest BCUT2D eigenvalue weighted by Gasteiger charge is 2.41. The van der Waals surface area contributed by atoms with Gasteiger partial charge in [0.05, 0.1) is 14.2 Å². The Morgan fingerprint density at radius 1 is 0.667 bits per heavy atom. The van der Waals surface area contributed by atoms with Crippen molar-refractivity contribution >= 4 is 82.4 Å². The van der Waals surface area contributed by atoms with Crippen LogP contribution in [0.1, 0.15) is 11.1 Å². The molecular weight excluding hydrogens is 558 g/mol. The highest BCUT2D eigenvalue weighted by Crippen LogP contribution is 2.23. The number of ether oxygens (including phenoxy) is 4. The van der Waals surface area contributed by atoms with Gasteiger partial charge in [-0.1, -0.05) is 58.5 Å². The van der Waals surface area contributed by atoms with Crippen LogP contribution in [0.15, 0.2) is 48.6 Å². The lowest BCUT2D eigenvalue weighted by molar-refractivity contribution is -0.186. The molecule has 0 radical (unpaired) electrons. The molecule has 12 heteroatoms. The van der Waals surface area contributed by atoms with Crippen molar-refractivity contribution in [3.05, 3.63) is 79.8 Å². The normalized spacial score (nSPS) is 12.7. The summed E-state index contributed by atoms with van der Waals surface area (Å²) >= 11 is 23.8. The number of carbonyl (C=O) groups is 4. The Morgan fingerprint density at radius 2 is 1.03 bits per heavy atom. The van der Waals surface area contributed by atoms with Crippen LogP contribution < -0.4 is 0 Å². The van der Waals surface area contributed by atoms with Crippen molar-refractivity contribution in [1.82, 2.24) is 0 Å². The second-order valence-corrected chi connectivity index (χ2v) is 8.45. The van der Waals surface area contributed by atoms with Crippen LogP contribution in [0, 0.1) is 0 Å². The maximum absolute atomic E-state index is 12.4. The number of benzene rings is 2. The molecule has 0 amide bonds. The number of methoxy groups -OCH3 is 2. The van der Waals surface area contributed by atoms with Crippen LogP contribution in [0.4, 0.5) is 0 Å². The van der Waals surface area contributed by atoms with E-state index in [1.807, 2.05) is 0 Å². The van der Waals surface area contributed by atoms with Gasteiger partial charge in [0.2, 0.25) is 12.2 Å². The van der Waals surface area contributed by atoms with Crippen molar-refractivity contribution in [2.45, 2.75) is 12.2 Å². The lowest BCUT2D eigenvalue weighted by atomic mass is 10.2. The Balaban J connectivity index is 2.22. The molecule has 2 aromatic carbocycles. The minimum absolute atomic E-state index is 0.255. The number of rotatable bonds is 9. The van der Waals surface area contributed by atoms with Crippen LogP contribution in [-0.2, 0) is 38.1 Å². The van der Waals surface area contributed by atoms with Crippen molar-refractivity contribution in [3.63, 3.8) is 0 Å². The van der Waals surface area contributed by atoms with Crippen LogP contribution in [0.2, 0.25) is 20.1 Å². The molecule has 0 aliphatic heterocycles. The Hall–Kier alpha value is -3.04. The summed E-state index contributed by atoms with van der Waals surface area (Å²) in [5, 5.41) is 1.29. The molecule has 0 spiro atoms. The zero-order chi connectivity index (χ0) is 26.8. The first kappa shape index (κ1) is 29.2. The summed E-state index contributed by atoms with van der Waals surface area (Å²) < 4.78 is 19.3. The van der Waals surface area contributed by atoms with Crippen molar-refractivity contribution in [2.75, 3.05) is 14.2 Å². The van der Waals surface area contributed by atoms with Crippen molar-refractivity contribution in [1.29, 1.82) is 0 Å². The SMILES string of the molecule is COC(=O)[C@H](OC(=O)/C=C/c1ccc(Cl)cc1Cl)[C@@H](OC(=O)/C=C/c1ccc(Cl)cc1Cl)C(=O)OC. The average molecular weight is 576 g/mol. The molecule has 0 aliphatic carbocycles. The molecule has 0 unspecified atom stereocenters. The van der Waals surface area contributed by atoms with Gasteiger partial charge in [0.15, 0.2) is 0 Å². The zero-order valence-corrected chi connectivity index (χ0v) is 21.7. The minimum Gasteiger partial charge on any atom is -0.466 e. The first-order valence-electron chi connectivity index (χ1n) is 9.88. The van der Waals surface area contributed by atoms with Gasteiger partial charge >= 0.3 is 23.9 Å². The van der Waals surface area contributed by atoms with Gasteiger partial charge < -0.3 is 18.9 Å². The predicted octanol–water partition coefficient (Wildman–Crippen LogP) is 5.20. The van der Waals surface area contributed by atoms with Gasteiger partial charge in [-0.15, -0.1) is 0 Å². The van der Waals surface area contributed by atoms with Crippen LogP contribution in [0.3, 0.4) is 0 Å². The zero-order valence-electron chi connectivity index (χ0n) is 18.7. The Bertz CT molecular complexity index is 1120. The summed E-state index contributed by atoms with van der Waals surface area (Å²) in [6, 6.07) is 9.11. The molecule has 8 nitrogen and oxygen atoms in total. The van der Waals surface area contributed by atoms with Gasteiger partial charge in [0.25, 0.3) is 0 Å². The Kier molecular flexibility index (Phi) is 11.3. The van der Waals surface area contributed by atoms with Gasteiger partial charge in [0.1, 0.15) is 0 Å². The van der Waals surface area contributed by atoms with Gasteiger partial charge in [-0.05, 0) is 47.5 Å². The largest absolute Gasteiger partial charge is 0.466 e. The standard InChI is InChI=1S/C24H18Cl4O8/c1-33-23(31)21(35-19(29)9-5-13-3-7-15(25)11-17(13)27)22(24(32)34-2)36-20(30)10-6-14-4-8-16(26)12-18(14)28/h3-12,21-22H,1-2H3/b9-5+,10-6+/t21-,22-/m1/s1. The fraction of sp³-hybridized carbons (Fsp3) is 0.167. The number of hydrogen-bond acceptors (Lipinski definition) is 8. The minimum atomic E-state index is -1.98. The second-order valence-electron chi connectivity index (χ2n) is 6.76. The second kappa shape index (κ2) is 13.9. The molecule has 0 aromatic heterocycles. The van der Waals surface area contributed by atoms with Gasteiger partial charge in [0, 0.05) is 32.2 Å². The highest BCUT2D eigenvalue weighted by molar-refractivity contribution is 6.36. The molecule has 0 N–H and O–H groups in total. The monoisotopic (exact) mass is 574 g/mol. The molecule has 0 aliphatic rings. The van der Waals surface area contributed by atoms with E-state index in [1.54, 1.807) is 24.3 Å². The maximum Gasteiger partial charge on any atom is 0.351 e. The fourth-order valence-corrected chi connectivity index (χ4v) is 3.56. The van der Waals surface area contributed by atoms with E-state index in [0.29, 0.717) is 21.2 Å². The predicted molar refractivity (Wildman–Crippen MR) is 135 cm³/mol. The molecule has 2 rings (SSSR count). The first-order valence-corrected chi connectivity index (χ1v) is 11.4. The molecule has 36 heavy (non-hydrogen) atoms. The van der Waals surface area contributed by atoms with Gasteiger partial charge in [-0.3, -0.25) is 0 Å². The summed E-state index contributed by atoms with van der Waals surface area (Å²) in [5.74, 6) is -4.47. The topological polar surface area (TPSA) is 105 Å². The third kappa shape index (κ3) is 8.57. The van der Waals surface area contributed by atoms with E-state index >= 15 is 0 Å². The molecular formula is C24H18Cl4O8. The van der Waals surface area contributed by atoms with E-state index in [-0.39, 0.29) is 10.0 Å². The third-order valence-corrected chi connectivity index (χ3v) is 5.48. The highest BCUT2D eigenvalue weighted by atomic mass is 35.5. The van der Waals surface area contributed by atoms with Crippen molar-refractivity contribution in [3.8, 4) is 0 Å². The number of hydrogen-bond donors (Lipinski definition) is 0. The molecule has 0 fully saturated rings. The third-order valence-electron chi connectivity index (χ3n) is 4.35. The van der Waals surface area contributed by atoms with Crippen LogP contribution in [0.5, 0.6) is 0 Å². The van der Waals surface area contributed by atoms with E-state index < -0.39 is 36.1 Å². The van der Waals surface area contributed by atoms with E-state index in [4.69, 9.17) is 55.9 Å². The van der Waals surface area contributed by atoms with Gasteiger partial charge in [-0.25, -0.2) is 19.2 Å². The lowest BCUT2D eigenvalue weighted by Gasteiger charge is -2.22. The summed E-state index contributed by atoms with van der Waals surface area (Å²) in [6.07, 6.45) is 0.543. The van der Waals surface area contributed by atoms with Crippen molar-refractivity contribution in [2.24, 2.45) is 0 Å². The molecule has 2 aromatic rings. The summed E-state index contributed by atoms with van der Waals surface area (Å²) in [5.41, 5.74) is 0.851.